The number of aryl methyl sites for hydroxylation is 1. The number of carbonyl (C=O) groups is 1. The third-order valence-electron chi connectivity index (χ3n) is 3.92. The van der Waals surface area contributed by atoms with Crippen LogP contribution in [0.5, 0.6) is 0 Å². The number of nitro groups is 1. The molecule has 0 aliphatic rings. The number of benzene rings is 1. The van der Waals surface area contributed by atoms with Crippen LogP contribution in [-0.4, -0.2) is 27.5 Å². The Balaban J connectivity index is 2.68. The van der Waals surface area contributed by atoms with Crippen molar-refractivity contribution >= 4 is 22.6 Å². The fourth-order valence-electron chi connectivity index (χ4n) is 2.77. The Morgan fingerprint density at radius 1 is 1.57 bits per heavy atom. The van der Waals surface area contributed by atoms with Gasteiger partial charge in [0.1, 0.15) is 0 Å². The molecule has 120 valence electrons. The molecule has 4 N–H and O–H groups in total. The Bertz CT molecular complexity index is 817. The molecule has 7 nitrogen and oxygen atoms in total. The number of carboxylic acids is 1. The van der Waals surface area contributed by atoms with Crippen LogP contribution in [0.2, 0.25) is 0 Å². The van der Waals surface area contributed by atoms with Crippen molar-refractivity contribution in [3.05, 3.63) is 39.1 Å². The first-order valence-corrected chi connectivity index (χ1v) is 7.08. The number of nitro benzene ring substituents is 1. The van der Waals surface area contributed by atoms with E-state index >= 15 is 0 Å². The molecule has 0 amide bonds. The number of fused-ring (bicyclic) bond motifs is 1. The molecule has 0 fully saturated rings. The number of aromatic amines is 1. The van der Waals surface area contributed by atoms with E-state index in [1.807, 2.05) is 0 Å². The SMILES string of the molecule is C#Cc1ccc([N+](=O)[O-])c2c(CC(CCN)C(=O)O)c(C)[nH]c12. The lowest BCUT2D eigenvalue weighted by atomic mass is 9.93. The summed E-state index contributed by atoms with van der Waals surface area (Å²) in [5, 5.41) is 21.0. The summed E-state index contributed by atoms with van der Waals surface area (Å²) in [5.41, 5.74) is 7.65. The van der Waals surface area contributed by atoms with Gasteiger partial charge >= 0.3 is 5.97 Å². The Morgan fingerprint density at radius 3 is 2.78 bits per heavy atom. The highest BCUT2D eigenvalue weighted by Crippen LogP contribution is 2.34. The summed E-state index contributed by atoms with van der Waals surface area (Å²) in [7, 11) is 0. The summed E-state index contributed by atoms with van der Waals surface area (Å²) in [6.07, 6.45) is 5.90. The van der Waals surface area contributed by atoms with Crippen molar-refractivity contribution in [1.82, 2.24) is 4.98 Å². The predicted molar refractivity (Wildman–Crippen MR) is 86.1 cm³/mol. The maximum atomic E-state index is 11.4. The van der Waals surface area contributed by atoms with E-state index in [4.69, 9.17) is 12.2 Å². The zero-order chi connectivity index (χ0) is 17.1. The number of nitrogens with two attached hydrogens (primary N) is 1. The lowest BCUT2D eigenvalue weighted by Crippen LogP contribution is -2.20. The molecule has 0 spiro atoms. The first-order chi connectivity index (χ1) is 10.9. The monoisotopic (exact) mass is 315 g/mol. The Morgan fingerprint density at radius 2 is 2.26 bits per heavy atom. The number of nitrogens with zero attached hydrogens (tertiary/aromatic N) is 1. The lowest BCUT2D eigenvalue weighted by Gasteiger charge is -2.11. The van der Waals surface area contributed by atoms with E-state index < -0.39 is 16.8 Å². The molecule has 0 aliphatic carbocycles. The van der Waals surface area contributed by atoms with Crippen LogP contribution in [-0.2, 0) is 11.2 Å². The lowest BCUT2D eigenvalue weighted by molar-refractivity contribution is -0.383. The number of terminal acetylenes is 1. The summed E-state index contributed by atoms with van der Waals surface area (Å²) >= 11 is 0. The van der Waals surface area contributed by atoms with Crippen LogP contribution >= 0.6 is 0 Å². The fourth-order valence-corrected chi connectivity index (χ4v) is 2.77. The summed E-state index contributed by atoms with van der Waals surface area (Å²) in [6, 6.07) is 2.86. The number of non-ortho nitro benzene ring substituents is 1. The fraction of sp³-hybridized carbons (Fsp3) is 0.312. The molecule has 0 bridgehead atoms. The van der Waals surface area contributed by atoms with Crippen LogP contribution < -0.4 is 5.73 Å². The smallest absolute Gasteiger partial charge is 0.306 e. The first kappa shape index (κ1) is 16.5. The Labute approximate surface area is 132 Å². The van der Waals surface area contributed by atoms with E-state index in [-0.39, 0.29) is 18.7 Å². The number of aromatic nitrogens is 1. The molecule has 23 heavy (non-hydrogen) atoms. The molecule has 0 aliphatic heterocycles. The Kier molecular flexibility index (Phi) is 4.67. The van der Waals surface area contributed by atoms with E-state index in [2.05, 4.69) is 10.9 Å². The molecule has 1 aromatic heterocycles. The summed E-state index contributed by atoms with van der Waals surface area (Å²) in [6.45, 7) is 1.98. The van der Waals surface area contributed by atoms with E-state index in [0.717, 1.165) is 0 Å². The zero-order valence-corrected chi connectivity index (χ0v) is 12.6. The van der Waals surface area contributed by atoms with Gasteiger partial charge in [-0.15, -0.1) is 6.42 Å². The van der Waals surface area contributed by atoms with Crippen LogP contribution in [0.25, 0.3) is 10.9 Å². The maximum Gasteiger partial charge on any atom is 0.306 e. The van der Waals surface area contributed by atoms with Crippen LogP contribution in [0, 0.1) is 35.3 Å². The molecule has 0 radical (unpaired) electrons. The largest absolute Gasteiger partial charge is 0.481 e. The van der Waals surface area contributed by atoms with Gasteiger partial charge in [-0.1, -0.05) is 5.92 Å². The third kappa shape index (κ3) is 3.03. The summed E-state index contributed by atoms with van der Waals surface area (Å²) in [5.74, 6) is 0.813. The van der Waals surface area contributed by atoms with E-state index in [1.54, 1.807) is 6.92 Å². The second-order valence-electron chi connectivity index (χ2n) is 5.33. The number of aliphatic carboxylic acids is 1. The average molecular weight is 315 g/mol. The van der Waals surface area contributed by atoms with Gasteiger partial charge in [0, 0.05) is 17.3 Å². The van der Waals surface area contributed by atoms with Gasteiger partial charge < -0.3 is 15.8 Å². The van der Waals surface area contributed by atoms with Crippen molar-refractivity contribution < 1.29 is 14.8 Å². The van der Waals surface area contributed by atoms with E-state index in [0.29, 0.717) is 34.1 Å². The van der Waals surface area contributed by atoms with Crippen molar-refractivity contribution in [2.45, 2.75) is 19.8 Å². The van der Waals surface area contributed by atoms with Gasteiger partial charge in [-0.25, -0.2) is 0 Å². The number of hydrogen-bond donors (Lipinski definition) is 3. The van der Waals surface area contributed by atoms with Gasteiger partial charge in [-0.3, -0.25) is 14.9 Å². The predicted octanol–water partition coefficient (Wildman–Crippen LogP) is 1.96. The maximum absolute atomic E-state index is 11.4. The van der Waals surface area contributed by atoms with Crippen molar-refractivity contribution in [3.8, 4) is 12.3 Å². The standard InChI is InChI=1S/C16H17N3O4/c1-3-10-4-5-13(19(22)23)14-12(9(2)18-15(10)14)8-11(6-7-17)16(20)21/h1,4-5,11,18H,6-8,17H2,2H3,(H,20,21). The minimum absolute atomic E-state index is 0.0877. The second-order valence-corrected chi connectivity index (χ2v) is 5.33. The Hall–Kier alpha value is -2.85. The van der Waals surface area contributed by atoms with Gasteiger partial charge in [0.2, 0.25) is 0 Å². The number of carboxylic acid groups (broad SMARTS) is 1. The van der Waals surface area contributed by atoms with Crippen LogP contribution in [0.1, 0.15) is 23.2 Å². The van der Waals surface area contributed by atoms with Crippen molar-refractivity contribution in [3.63, 3.8) is 0 Å². The van der Waals surface area contributed by atoms with Crippen molar-refractivity contribution in [2.24, 2.45) is 11.7 Å². The summed E-state index contributed by atoms with van der Waals surface area (Å²) < 4.78 is 0. The zero-order valence-electron chi connectivity index (χ0n) is 12.6. The van der Waals surface area contributed by atoms with Crippen molar-refractivity contribution in [1.29, 1.82) is 0 Å². The highest BCUT2D eigenvalue weighted by molar-refractivity contribution is 5.97. The second kappa shape index (κ2) is 6.50. The van der Waals surface area contributed by atoms with Crippen molar-refractivity contribution in [2.75, 3.05) is 6.54 Å². The highest BCUT2D eigenvalue weighted by atomic mass is 16.6. The topological polar surface area (TPSA) is 122 Å². The number of rotatable bonds is 6. The summed E-state index contributed by atoms with van der Waals surface area (Å²) in [4.78, 5) is 25.3. The van der Waals surface area contributed by atoms with Gasteiger partial charge in [0.25, 0.3) is 5.69 Å². The van der Waals surface area contributed by atoms with Gasteiger partial charge in [0.05, 0.1) is 21.7 Å². The molecule has 1 aromatic carbocycles. The molecule has 1 heterocycles. The van der Waals surface area contributed by atoms with Gasteiger partial charge in [0.15, 0.2) is 0 Å². The average Bonchev–Trinajstić information content (AvgIpc) is 2.82. The minimum Gasteiger partial charge on any atom is -0.481 e. The molecule has 0 saturated heterocycles. The molecule has 2 rings (SSSR count). The molecule has 7 heteroatoms. The third-order valence-corrected chi connectivity index (χ3v) is 3.92. The number of hydrogen-bond acceptors (Lipinski definition) is 4. The van der Waals surface area contributed by atoms with Crippen LogP contribution in [0.15, 0.2) is 12.1 Å². The van der Waals surface area contributed by atoms with E-state index in [1.165, 1.54) is 12.1 Å². The molecule has 1 unspecified atom stereocenters. The van der Waals surface area contributed by atoms with Crippen LogP contribution in [0.4, 0.5) is 5.69 Å². The van der Waals surface area contributed by atoms with E-state index in [9.17, 15) is 20.0 Å². The quantitative estimate of drug-likeness (QED) is 0.427. The molecular formula is C16H17N3O4. The molecule has 2 aromatic rings. The number of nitrogens with one attached hydrogen (secondary N) is 1. The van der Waals surface area contributed by atoms with Crippen LogP contribution in [0.3, 0.4) is 0 Å². The van der Waals surface area contributed by atoms with Gasteiger partial charge in [-0.05, 0) is 37.9 Å². The van der Waals surface area contributed by atoms with Gasteiger partial charge in [-0.2, -0.15) is 0 Å². The molecule has 1 atom stereocenters. The highest BCUT2D eigenvalue weighted by Gasteiger charge is 2.25. The minimum atomic E-state index is -0.972. The normalized spacial score (nSPS) is 12.0. The first-order valence-electron chi connectivity index (χ1n) is 7.08. The molecule has 0 saturated carbocycles. The number of H-pyrrole nitrogens is 1. The molecular weight excluding hydrogens is 298 g/mol.